The SMILES string of the molecule is NC(CNC(=O)c1csnn1)C1CC1. The van der Waals surface area contributed by atoms with Crippen molar-refractivity contribution >= 4 is 17.4 Å². The van der Waals surface area contributed by atoms with Crippen LogP contribution in [0.4, 0.5) is 0 Å². The van der Waals surface area contributed by atoms with E-state index in [-0.39, 0.29) is 11.9 Å². The third kappa shape index (κ3) is 2.27. The van der Waals surface area contributed by atoms with Crippen molar-refractivity contribution < 1.29 is 4.79 Å². The lowest BCUT2D eigenvalue weighted by Gasteiger charge is -2.09. The first-order valence-corrected chi connectivity index (χ1v) is 5.42. The second kappa shape index (κ2) is 4.02. The van der Waals surface area contributed by atoms with Gasteiger partial charge in [0, 0.05) is 18.0 Å². The van der Waals surface area contributed by atoms with Crippen LogP contribution < -0.4 is 11.1 Å². The average Bonchev–Trinajstić information content (AvgIpc) is 2.90. The molecule has 0 radical (unpaired) electrons. The normalized spacial score (nSPS) is 17.8. The lowest BCUT2D eigenvalue weighted by molar-refractivity contribution is 0.0945. The largest absolute Gasteiger partial charge is 0.349 e. The number of amides is 1. The number of carbonyl (C=O) groups excluding carboxylic acids is 1. The molecular formula is C8H12N4OS. The smallest absolute Gasteiger partial charge is 0.272 e. The highest BCUT2D eigenvalue weighted by Crippen LogP contribution is 2.31. The number of aromatic nitrogens is 2. The third-order valence-electron chi connectivity index (χ3n) is 2.32. The molecule has 1 aliphatic rings. The number of rotatable bonds is 4. The summed E-state index contributed by atoms with van der Waals surface area (Å²) < 4.78 is 3.62. The van der Waals surface area contributed by atoms with Crippen molar-refractivity contribution in [2.24, 2.45) is 11.7 Å². The highest BCUT2D eigenvalue weighted by Gasteiger charge is 2.28. The first-order chi connectivity index (χ1) is 6.77. The van der Waals surface area contributed by atoms with Gasteiger partial charge < -0.3 is 11.1 Å². The summed E-state index contributed by atoms with van der Waals surface area (Å²) in [6.07, 6.45) is 2.38. The van der Waals surface area contributed by atoms with Crippen LogP contribution in [0.3, 0.4) is 0 Å². The maximum atomic E-state index is 11.4. The Labute approximate surface area is 85.9 Å². The van der Waals surface area contributed by atoms with Gasteiger partial charge in [-0.25, -0.2) is 0 Å². The zero-order chi connectivity index (χ0) is 9.97. The molecule has 0 spiro atoms. The molecule has 1 saturated carbocycles. The lowest BCUT2D eigenvalue weighted by atomic mass is 10.2. The van der Waals surface area contributed by atoms with Crippen LogP contribution in [0.1, 0.15) is 23.3 Å². The van der Waals surface area contributed by atoms with Crippen LogP contribution >= 0.6 is 11.5 Å². The minimum absolute atomic E-state index is 0.0885. The molecule has 6 heteroatoms. The molecule has 1 aliphatic carbocycles. The Morgan fingerprint density at radius 1 is 1.79 bits per heavy atom. The second-order valence-corrected chi connectivity index (χ2v) is 4.11. The molecule has 2 rings (SSSR count). The van der Waals surface area contributed by atoms with Crippen molar-refractivity contribution in [2.75, 3.05) is 6.54 Å². The van der Waals surface area contributed by atoms with E-state index in [1.807, 2.05) is 0 Å². The molecule has 1 atom stereocenters. The topological polar surface area (TPSA) is 80.9 Å². The van der Waals surface area contributed by atoms with E-state index in [2.05, 4.69) is 14.9 Å². The summed E-state index contributed by atoms with van der Waals surface area (Å²) in [5.41, 5.74) is 6.21. The molecule has 0 saturated heterocycles. The van der Waals surface area contributed by atoms with Crippen molar-refractivity contribution in [1.29, 1.82) is 0 Å². The molecule has 0 aliphatic heterocycles. The fraction of sp³-hybridized carbons (Fsp3) is 0.625. The highest BCUT2D eigenvalue weighted by atomic mass is 32.1. The molecular weight excluding hydrogens is 200 g/mol. The first kappa shape index (κ1) is 9.54. The predicted molar refractivity (Wildman–Crippen MR) is 52.9 cm³/mol. The van der Waals surface area contributed by atoms with Crippen LogP contribution in [0.5, 0.6) is 0 Å². The van der Waals surface area contributed by atoms with Gasteiger partial charge in [0.2, 0.25) is 0 Å². The Balaban J connectivity index is 1.77. The number of carbonyl (C=O) groups is 1. The summed E-state index contributed by atoms with van der Waals surface area (Å²) >= 11 is 1.17. The maximum absolute atomic E-state index is 11.4. The van der Waals surface area contributed by atoms with E-state index in [4.69, 9.17) is 5.73 Å². The van der Waals surface area contributed by atoms with E-state index < -0.39 is 0 Å². The summed E-state index contributed by atoms with van der Waals surface area (Å²) in [5, 5.41) is 8.04. The van der Waals surface area contributed by atoms with Gasteiger partial charge in [-0.2, -0.15) is 0 Å². The molecule has 0 bridgehead atoms. The summed E-state index contributed by atoms with van der Waals surface area (Å²) in [4.78, 5) is 11.4. The van der Waals surface area contributed by atoms with Crippen molar-refractivity contribution in [3.63, 3.8) is 0 Å². The first-order valence-electron chi connectivity index (χ1n) is 4.58. The minimum Gasteiger partial charge on any atom is -0.349 e. The van der Waals surface area contributed by atoms with Gasteiger partial charge in [0.25, 0.3) is 5.91 Å². The van der Waals surface area contributed by atoms with Crippen LogP contribution in [0.15, 0.2) is 5.38 Å². The molecule has 1 aromatic heterocycles. The van der Waals surface area contributed by atoms with Crippen molar-refractivity contribution in [2.45, 2.75) is 18.9 Å². The summed E-state index contributed by atoms with van der Waals surface area (Å²) in [5.74, 6) is 0.415. The number of nitrogens with zero attached hydrogens (tertiary/aromatic N) is 2. The standard InChI is InChI=1S/C8H12N4OS/c9-6(5-1-2-5)3-10-8(13)7-4-14-12-11-7/h4-6H,1-3,9H2,(H,10,13). The highest BCUT2D eigenvalue weighted by molar-refractivity contribution is 7.03. The Hall–Kier alpha value is -1.01. The summed E-state index contributed by atoms with van der Waals surface area (Å²) in [7, 11) is 0. The van der Waals surface area contributed by atoms with Gasteiger partial charge >= 0.3 is 0 Å². The Bertz CT molecular complexity index is 309. The maximum Gasteiger partial charge on any atom is 0.272 e. The van der Waals surface area contributed by atoms with Crippen molar-refractivity contribution in [3.05, 3.63) is 11.1 Å². The van der Waals surface area contributed by atoms with Crippen LogP contribution in [-0.4, -0.2) is 28.1 Å². The fourth-order valence-electron chi connectivity index (χ4n) is 1.26. The van der Waals surface area contributed by atoms with E-state index in [0.717, 1.165) is 0 Å². The molecule has 3 N–H and O–H groups in total. The molecule has 1 unspecified atom stereocenters. The Morgan fingerprint density at radius 2 is 2.57 bits per heavy atom. The van der Waals surface area contributed by atoms with Crippen molar-refractivity contribution in [1.82, 2.24) is 14.9 Å². The quantitative estimate of drug-likeness (QED) is 0.736. The Kier molecular flexibility index (Phi) is 2.74. The number of hydrogen-bond acceptors (Lipinski definition) is 5. The molecule has 1 heterocycles. The van der Waals surface area contributed by atoms with Crippen LogP contribution in [0.25, 0.3) is 0 Å². The Morgan fingerprint density at radius 3 is 3.14 bits per heavy atom. The molecule has 14 heavy (non-hydrogen) atoms. The second-order valence-electron chi connectivity index (χ2n) is 3.50. The van der Waals surface area contributed by atoms with Gasteiger partial charge in [0.05, 0.1) is 0 Å². The minimum atomic E-state index is -0.185. The van der Waals surface area contributed by atoms with E-state index in [1.54, 1.807) is 5.38 Å². The van der Waals surface area contributed by atoms with Crippen LogP contribution in [-0.2, 0) is 0 Å². The fourth-order valence-corrected chi connectivity index (χ4v) is 1.69. The van der Waals surface area contributed by atoms with Crippen LogP contribution in [0, 0.1) is 5.92 Å². The van der Waals surface area contributed by atoms with E-state index in [1.165, 1.54) is 24.4 Å². The van der Waals surface area contributed by atoms with Gasteiger partial charge in [-0.05, 0) is 30.3 Å². The van der Waals surface area contributed by atoms with E-state index in [9.17, 15) is 4.79 Å². The van der Waals surface area contributed by atoms with Gasteiger partial charge in [0.15, 0.2) is 5.69 Å². The lowest BCUT2D eigenvalue weighted by Crippen LogP contribution is -2.38. The molecule has 1 fully saturated rings. The van der Waals surface area contributed by atoms with Crippen LogP contribution in [0.2, 0.25) is 0 Å². The molecule has 5 nitrogen and oxygen atoms in total. The molecule has 1 aromatic rings. The third-order valence-corrected chi connectivity index (χ3v) is 2.82. The summed E-state index contributed by atoms with van der Waals surface area (Å²) in [6, 6.07) is 0.0885. The molecule has 0 aromatic carbocycles. The molecule has 76 valence electrons. The number of nitrogens with two attached hydrogens (primary N) is 1. The van der Waals surface area contributed by atoms with Gasteiger partial charge in [-0.15, -0.1) is 5.10 Å². The zero-order valence-electron chi connectivity index (χ0n) is 7.64. The van der Waals surface area contributed by atoms with Gasteiger partial charge in [-0.1, -0.05) is 4.49 Å². The summed E-state index contributed by atoms with van der Waals surface area (Å²) in [6.45, 7) is 0.529. The molecule has 1 amide bonds. The zero-order valence-corrected chi connectivity index (χ0v) is 8.46. The number of nitrogens with one attached hydrogen (secondary N) is 1. The van der Waals surface area contributed by atoms with Gasteiger partial charge in [0.1, 0.15) is 0 Å². The van der Waals surface area contributed by atoms with E-state index in [0.29, 0.717) is 18.2 Å². The average molecular weight is 212 g/mol. The number of hydrogen-bond donors (Lipinski definition) is 2. The predicted octanol–water partition coefficient (Wildman–Crippen LogP) is 0.00520. The van der Waals surface area contributed by atoms with Crippen molar-refractivity contribution in [3.8, 4) is 0 Å². The monoisotopic (exact) mass is 212 g/mol. The van der Waals surface area contributed by atoms with Gasteiger partial charge in [-0.3, -0.25) is 4.79 Å². The van der Waals surface area contributed by atoms with E-state index >= 15 is 0 Å².